The predicted octanol–water partition coefficient (Wildman–Crippen LogP) is 5.81. The van der Waals surface area contributed by atoms with Crippen LogP contribution in [0.25, 0.3) is 0 Å². The molecule has 0 radical (unpaired) electrons. The standard InChI is InChI=1S/C30H31ClN2O5/c1-20-19-26(32-28(34)17-10-21-8-13-23(31)14-9-21)25-5-2-3-6-27(25)33(20)30(37)22-11-15-24(16-12-22)38-18-4-7-29(35)36/h2-3,5-6,8-9,11-16,20,26H,4,7,10,17-19H2,1H3,(H,32,34)(H,35,36)/t20-,26+/m0/s1. The lowest BCUT2D eigenvalue weighted by molar-refractivity contribution is -0.137. The van der Waals surface area contributed by atoms with Crippen molar-refractivity contribution in [3.05, 3.63) is 94.5 Å². The summed E-state index contributed by atoms with van der Waals surface area (Å²) < 4.78 is 5.58. The number of anilines is 1. The van der Waals surface area contributed by atoms with Gasteiger partial charge in [0.15, 0.2) is 0 Å². The molecule has 7 nitrogen and oxygen atoms in total. The molecule has 3 aromatic rings. The summed E-state index contributed by atoms with van der Waals surface area (Å²) in [5.41, 5.74) is 3.27. The van der Waals surface area contributed by atoms with Crippen molar-refractivity contribution in [1.29, 1.82) is 0 Å². The van der Waals surface area contributed by atoms with E-state index in [0.717, 1.165) is 16.8 Å². The molecule has 0 saturated heterocycles. The van der Waals surface area contributed by atoms with Crippen LogP contribution in [0.15, 0.2) is 72.8 Å². The van der Waals surface area contributed by atoms with Crippen molar-refractivity contribution in [2.45, 2.75) is 51.1 Å². The van der Waals surface area contributed by atoms with Gasteiger partial charge in [-0.05, 0) is 79.8 Å². The largest absolute Gasteiger partial charge is 0.494 e. The molecular formula is C30H31ClN2O5. The number of carboxylic acid groups (broad SMARTS) is 1. The number of carboxylic acids is 1. The monoisotopic (exact) mass is 534 g/mol. The minimum Gasteiger partial charge on any atom is -0.494 e. The first-order valence-corrected chi connectivity index (χ1v) is 13.1. The Bertz CT molecular complexity index is 1280. The molecule has 3 aromatic carbocycles. The number of halogens is 1. The van der Waals surface area contributed by atoms with Gasteiger partial charge in [0.05, 0.1) is 12.6 Å². The van der Waals surface area contributed by atoms with Gasteiger partial charge in [-0.25, -0.2) is 0 Å². The third-order valence-electron chi connectivity index (χ3n) is 6.60. The van der Waals surface area contributed by atoms with Crippen LogP contribution in [0.5, 0.6) is 5.75 Å². The summed E-state index contributed by atoms with van der Waals surface area (Å²) in [6.45, 7) is 2.28. The van der Waals surface area contributed by atoms with Crippen LogP contribution in [0.2, 0.25) is 5.02 Å². The van der Waals surface area contributed by atoms with Crippen LogP contribution in [-0.2, 0) is 16.0 Å². The summed E-state index contributed by atoms with van der Waals surface area (Å²) in [5, 5.41) is 12.6. The molecule has 2 atom stereocenters. The fourth-order valence-corrected chi connectivity index (χ4v) is 4.81. The van der Waals surface area contributed by atoms with Gasteiger partial charge in [0.1, 0.15) is 5.75 Å². The molecule has 0 unspecified atom stereocenters. The Morgan fingerprint density at radius 1 is 1.00 bits per heavy atom. The highest BCUT2D eigenvalue weighted by Crippen LogP contribution is 2.38. The predicted molar refractivity (Wildman–Crippen MR) is 147 cm³/mol. The van der Waals surface area contributed by atoms with Crippen molar-refractivity contribution in [1.82, 2.24) is 5.32 Å². The summed E-state index contributed by atoms with van der Waals surface area (Å²) in [6, 6.07) is 21.7. The zero-order valence-electron chi connectivity index (χ0n) is 21.2. The first-order valence-electron chi connectivity index (χ1n) is 12.7. The first kappa shape index (κ1) is 27.2. The molecule has 8 heteroatoms. The number of hydrogen-bond acceptors (Lipinski definition) is 4. The van der Waals surface area contributed by atoms with E-state index in [-0.39, 0.29) is 30.3 Å². The molecule has 0 spiro atoms. The quantitative estimate of drug-likeness (QED) is 0.320. The highest BCUT2D eigenvalue weighted by Gasteiger charge is 2.34. The van der Waals surface area contributed by atoms with Gasteiger partial charge in [-0.3, -0.25) is 14.4 Å². The first-order chi connectivity index (χ1) is 18.3. The second kappa shape index (κ2) is 12.6. The van der Waals surface area contributed by atoms with Crippen LogP contribution in [0.3, 0.4) is 0 Å². The molecule has 2 N–H and O–H groups in total. The molecular weight excluding hydrogens is 504 g/mol. The van der Waals surface area contributed by atoms with E-state index in [1.165, 1.54) is 0 Å². The molecule has 198 valence electrons. The minimum absolute atomic E-state index is 0.0364. The van der Waals surface area contributed by atoms with Gasteiger partial charge < -0.3 is 20.1 Å². The van der Waals surface area contributed by atoms with E-state index in [1.54, 1.807) is 29.2 Å². The molecule has 1 aliphatic heterocycles. The van der Waals surface area contributed by atoms with E-state index in [2.05, 4.69) is 5.32 Å². The summed E-state index contributed by atoms with van der Waals surface area (Å²) in [4.78, 5) is 38.8. The number of amides is 2. The Balaban J connectivity index is 1.41. The number of fused-ring (bicyclic) bond motifs is 1. The number of carbonyl (C=O) groups excluding carboxylic acids is 2. The maximum Gasteiger partial charge on any atom is 0.303 e. The number of hydrogen-bond donors (Lipinski definition) is 2. The number of rotatable bonds is 10. The summed E-state index contributed by atoms with van der Waals surface area (Å²) in [5.74, 6) is -0.439. The zero-order valence-corrected chi connectivity index (χ0v) is 22.0. The van der Waals surface area contributed by atoms with Crippen LogP contribution < -0.4 is 15.0 Å². The molecule has 0 aromatic heterocycles. The SMILES string of the molecule is C[C@H]1C[C@@H](NC(=O)CCc2ccc(Cl)cc2)c2ccccc2N1C(=O)c1ccc(OCCCC(=O)O)cc1. The summed E-state index contributed by atoms with van der Waals surface area (Å²) in [7, 11) is 0. The molecule has 1 heterocycles. The van der Waals surface area contributed by atoms with Crippen molar-refractivity contribution in [3.63, 3.8) is 0 Å². The lowest BCUT2D eigenvalue weighted by Gasteiger charge is -2.39. The maximum atomic E-state index is 13.6. The van der Waals surface area contributed by atoms with Crippen molar-refractivity contribution in [2.24, 2.45) is 0 Å². The van der Waals surface area contributed by atoms with Gasteiger partial charge in [0.25, 0.3) is 5.91 Å². The third kappa shape index (κ3) is 6.92. The van der Waals surface area contributed by atoms with Gasteiger partial charge in [-0.15, -0.1) is 0 Å². The Hall–Kier alpha value is -3.84. The molecule has 4 rings (SSSR count). The second-order valence-corrected chi connectivity index (χ2v) is 9.87. The number of aliphatic carboxylic acids is 1. The number of ether oxygens (including phenoxy) is 1. The lowest BCUT2D eigenvalue weighted by atomic mass is 9.90. The van der Waals surface area contributed by atoms with Gasteiger partial charge in [-0.1, -0.05) is 41.9 Å². The number of nitrogens with zero attached hydrogens (tertiary/aromatic N) is 1. The number of para-hydroxylation sites is 1. The molecule has 0 bridgehead atoms. The molecule has 0 saturated carbocycles. The Labute approximate surface area is 227 Å². The number of carbonyl (C=O) groups is 3. The fourth-order valence-electron chi connectivity index (χ4n) is 4.68. The number of benzene rings is 3. The van der Waals surface area contributed by atoms with E-state index in [0.29, 0.717) is 48.6 Å². The van der Waals surface area contributed by atoms with E-state index in [9.17, 15) is 14.4 Å². The van der Waals surface area contributed by atoms with Crippen LogP contribution in [0, 0.1) is 0 Å². The maximum absolute atomic E-state index is 13.6. The summed E-state index contributed by atoms with van der Waals surface area (Å²) >= 11 is 5.95. The number of aryl methyl sites for hydroxylation is 1. The Kier molecular flexibility index (Phi) is 9.02. The van der Waals surface area contributed by atoms with Gasteiger partial charge >= 0.3 is 5.97 Å². The highest BCUT2D eigenvalue weighted by atomic mass is 35.5. The van der Waals surface area contributed by atoms with Gasteiger partial charge in [0, 0.05) is 35.2 Å². The summed E-state index contributed by atoms with van der Waals surface area (Å²) in [6.07, 6.45) is 2.04. The van der Waals surface area contributed by atoms with Crippen LogP contribution in [0.4, 0.5) is 5.69 Å². The zero-order chi connectivity index (χ0) is 27.1. The van der Waals surface area contributed by atoms with E-state index in [1.807, 2.05) is 55.5 Å². The van der Waals surface area contributed by atoms with E-state index in [4.69, 9.17) is 21.4 Å². The van der Waals surface area contributed by atoms with E-state index < -0.39 is 5.97 Å². The van der Waals surface area contributed by atoms with Gasteiger partial charge in [0.2, 0.25) is 5.91 Å². The van der Waals surface area contributed by atoms with Crippen LogP contribution >= 0.6 is 11.6 Å². The van der Waals surface area contributed by atoms with Gasteiger partial charge in [-0.2, -0.15) is 0 Å². The molecule has 1 aliphatic rings. The van der Waals surface area contributed by atoms with Crippen molar-refractivity contribution in [2.75, 3.05) is 11.5 Å². The molecule has 2 amide bonds. The van der Waals surface area contributed by atoms with Crippen LogP contribution in [0.1, 0.15) is 60.1 Å². The second-order valence-electron chi connectivity index (χ2n) is 9.44. The normalized spacial score (nSPS) is 16.4. The lowest BCUT2D eigenvalue weighted by Crippen LogP contribution is -2.46. The number of nitrogens with one attached hydrogen (secondary N) is 1. The molecule has 38 heavy (non-hydrogen) atoms. The van der Waals surface area contributed by atoms with E-state index >= 15 is 0 Å². The third-order valence-corrected chi connectivity index (χ3v) is 6.85. The Morgan fingerprint density at radius 2 is 1.71 bits per heavy atom. The topological polar surface area (TPSA) is 95.9 Å². The van der Waals surface area contributed by atoms with Crippen molar-refractivity contribution in [3.8, 4) is 5.75 Å². The highest BCUT2D eigenvalue weighted by molar-refractivity contribution is 6.30. The average Bonchev–Trinajstić information content (AvgIpc) is 2.91. The van der Waals surface area contributed by atoms with Crippen molar-refractivity contribution >= 4 is 35.1 Å². The molecule has 0 aliphatic carbocycles. The minimum atomic E-state index is -0.856. The molecule has 0 fully saturated rings. The smallest absolute Gasteiger partial charge is 0.303 e. The van der Waals surface area contributed by atoms with Crippen molar-refractivity contribution < 1.29 is 24.2 Å². The van der Waals surface area contributed by atoms with Crippen LogP contribution in [-0.4, -0.2) is 35.5 Å². The average molecular weight is 535 g/mol. The Morgan fingerprint density at radius 3 is 2.42 bits per heavy atom. The fraction of sp³-hybridized carbons (Fsp3) is 0.300.